The van der Waals surface area contributed by atoms with Gasteiger partial charge in [0.25, 0.3) is 0 Å². The molecule has 4 heteroatoms. The van der Waals surface area contributed by atoms with Crippen molar-refractivity contribution in [3.8, 4) is 33.9 Å². The van der Waals surface area contributed by atoms with E-state index in [1.807, 2.05) is 37.2 Å². The Bertz CT molecular complexity index is 1150. The zero-order valence-corrected chi connectivity index (χ0v) is 17.1. The van der Waals surface area contributed by atoms with E-state index in [9.17, 15) is 0 Å². The molecule has 0 unspecified atom stereocenters. The quantitative estimate of drug-likeness (QED) is 0.445. The minimum atomic E-state index is 0.698. The number of methoxy groups -OCH3 is 2. The van der Waals surface area contributed by atoms with Gasteiger partial charge in [0.15, 0.2) is 11.5 Å². The van der Waals surface area contributed by atoms with E-state index in [-0.39, 0.29) is 0 Å². The van der Waals surface area contributed by atoms with E-state index in [4.69, 9.17) is 14.5 Å². The van der Waals surface area contributed by atoms with Crippen LogP contribution in [-0.2, 0) is 0 Å². The van der Waals surface area contributed by atoms with Gasteiger partial charge in [-0.15, -0.1) is 0 Å². The second kappa shape index (κ2) is 7.84. The lowest BCUT2D eigenvalue weighted by Gasteiger charge is -2.18. The largest absolute Gasteiger partial charge is 0.493 e. The number of nitrogens with zero attached hydrogens (tertiary/aromatic N) is 2. The molecule has 4 aromatic rings. The Hall–Kier alpha value is -3.53. The Kier molecular flexibility index (Phi) is 5.09. The van der Waals surface area contributed by atoms with Gasteiger partial charge in [-0.1, -0.05) is 48.5 Å². The Morgan fingerprint density at radius 3 is 2.03 bits per heavy atom. The minimum Gasteiger partial charge on any atom is -0.493 e. The molecule has 0 spiro atoms. The third-order valence-corrected chi connectivity index (χ3v) is 5.00. The van der Waals surface area contributed by atoms with Gasteiger partial charge in [-0.3, -0.25) is 0 Å². The maximum Gasteiger partial charge on any atom is 0.161 e. The second-order valence-corrected chi connectivity index (χ2v) is 7.10. The summed E-state index contributed by atoms with van der Waals surface area (Å²) in [6.07, 6.45) is 0. The molecule has 4 rings (SSSR count). The molecule has 0 fully saturated rings. The molecule has 0 atom stereocenters. The summed E-state index contributed by atoms with van der Waals surface area (Å²) in [5.74, 6) is 2.30. The summed E-state index contributed by atoms with van der Waals surface area (Å²) in [6, 6.07) is 25.0. The molecule has 1 aromatic heterocycles. The molecule has 0 aliphatic heterocycles. The first-order chi connectivity index (χ1) is 14.1. The first-order valence-corrected chi connectivity index (χ1v) is 9.50. The van der Waals surface area contributed by atoms with Gasteiger partial charge in [-0.05, 0) is 40.8 Å². The van der Waals surface area contributed by atoms with Gasteiger partial charge in [0.1, 0.15) is 5.82 Å². The molecule has 0 N–H and O–H groups in total. The van der Waals surface area contributed by atoms with Crippen molar-refractivity contribution in [2.45, 2.75) is 0 Å². The minimum absolute atomic E-state index is 0.698. The average molecular weight is 384 g/mol. The van der Waals surface area contributed by atoms with E-state index in [0.717, 1.165) is 27.8 Å². The Morgan fingerprint density at radius 2 is 1.34 bits per heavy atom. The number of anilines is 1. The number of hydrogen-bond acceptors (Lipinski definition) is 4. The van der Waals surface area contributed by atoms with Crippen LogP contribution in [0.4, 0.5) is 5.82 Å². The van der Waals surface area contributed by atoms with E-state index >= 15 is 0 Å². The number of aromatic nitrogens is 1. The summed E-state index contributed by atoms with van der Waals surface area (Å²) >= 11 is 0. The van der Waals surface area contributed by atoms with Gasteiger partial charge in [0.2, 0.25) is 0 Å². The van der Waals surface area contributed by atoms with Crippen molar-refractivity contribution in [3.63, 3.8) is 0 Å². The maximum atomic E-state index is 5.51. The summed E-state index contributed by atoms with van der Waals surface area (Å²) in [6.45, 7) is 0. The SMILES string of the molecule is COc1cc2cc(-c3cccc(-c4ccccc4)c3)nc(N(C)C)c2cc1OC. The lowest BCUT2D eigenvalue weighted by atomic mass is 10.0. The van der Waals surface area contributed by atoms with Crippen LogP contribution in [0.2, 0.25) is 0 Å². The van der Waals surface area contributed by atoms with Crippen molar-refractivity contribution >= 4 is 16.6 Å². The molecular weight excluding hydrogens is 360 g/mol. The monoisotopic (exact) mass is 384 g/mol. The first-order valence-electron chi connectivity index (χ1n) is 9.50. The predicted octanol–water partition coefficient (Wildman–Crippen LogP) is 5.65. The molecule has 0 saturated carbocycles. The molecule has 0 aliphatic rings. The highest BCUT2D eigenvalue weighted by Gasteiger charge is 2.14. The highest BCUT2D eigenvalue weighted by molar-refractivity contribution is 5.97. The van der Waals surface area contributed by atoms with Crippen LogP contribution in [0.25, 0.3) is 33.2 Å². The predicted molar refractivity (Wildman–Crippen MR) is 120 cm³/mol. The normalized spacial score (nSPS) is 10.8. The number of fused-ring (bicyclic) bond motifs is 1. The van der Waals surface area contributed by atoms with Crippen LogP contribution in [0.3, 0.4) is 0 Å². The van der Waals surface area contributed by atoms with E-state index in [1.165, 1.54) is 11.1 Å². The molecule has 0 radical (unpaired) electrons. The van der Waals surface area contributed by atoms with Crippen LogP contribution in [0.15, 0.2) is 72.8 Å². The number of ether oxygens (including phenoxy) is 2. The summed E-state index contributed by atoms with van der Waals surface area (Å²) in [5.41, 5.74) is 4.36. The molecule has 146 valence electrons. The fourth-order valence-corrected chi connectivity index (χ4v) is 3.54. The number of benzene rings is 3. The van der Waals surface area contributed by atoms with E-state index in [2.05, 4.69) is 54.6 Å². The van der Waals surface area contributed by atoms with E-state index < -0.39 is 0 Å². The highest BCUT2D eigenvalue weighted by Crippen LogP contribution is 2.38. The number of rotatable bonds is 5. The van der Waals surface area contributed by atoms with Crippen molar-refractivity contribution in [3.05, 3.63) is 72.8 Å². The number of hydrogen-bond donors (Lipinski definition) is 0. The van der Waals surface area contributed by atoms with Gasteiger partial charge in [0, 0.05) is 25.0 Å². The topological polar surface area (TPSA) is 34.6 Å². The van der Waals surface area contributed by atoms with Crippen LogP contribution in [0.5, 0.6) is 11.5 Å². The van der Waals surface area contributed by atoms with Crippen molar-refractivity contribution in [2.24, 2.45) is 0 Å². The lowest BCUT2D eigenvalue weighted by Crippen LogP contribution is -2.11. The fourth-order valence-electron chi connectivity index (χ4n) is 3.54. The molecule has 29 heavy (non-hydrogen) atoms. The molecule has 0 saturated heterocycles. The summed E-state index contributed by atoms with van der Waals surface area (Å²) in [7, 11) is 7.31. The molecule has 1 heterocycles. The van der Waals surface area contributed by atoms with Crippen LogP contribution in [-0.4, -0.2) is 33.3 Å². The third-order valence-electron chi connectivity index (χ3n) is 5.00. The standard InChI is InChI=1S/C25H24N2O2/c1-27(2)25-21-16-24(29-4)23(28-3)15-20(21)14-22(26-25)19-12-8-11-18(13-19)17-9-6-5-7-10-17/h5-16H,1-4H3. The first kappa shape index (κ1) is 18.8. The summed E-state index contributed by atoms with van der Waals surface area (Å²) in [5, 5.41) is 2.08. The Balaban J connectivity index is 1.90. The molecule has 0 bridgehead atoms. The van der Waals surface area contributed by atoms with Crippen LogP contribution >= 0.6 is 0 Å². The van der Waals surface area contributed by atoms with Gasteiger partial charge in [-0.25, -0.2) is 4.98 Å². The molecule has 3 aromatic carbocycles. The molecular formula is C25H24N2O2. The van der Waals surface area contributed by atoms with Crippen LogP contribution < -0.4 is 14.4 Å². The second-order valence-electron chi connectivity index (χ2n) is 7.10. The molecule has 4 nitrogen and oxygen atoms in total. The van der Waals surface area contributed by atoms with Gasteiger partial charge >= 0.3 is 0 Å². The van der Waals surface area contributed by atoms with Gasteiger partial charge < -0.3 is 14.4 Å². The lowest BCUT2D eigenvalue weighted by molar-refractivity contribution is 0.356. The van der Waals surface area contributed by atoms with Crippen molar-refractivity contribution < 1.29 is 9.47 Å². The summed E-state index contributed by atoms with van der Waals surface area (Å²) < 4.78 is 11.0. The smallest absolute Gasteiger partial charge is 0.161 e. The highest BCUT2D eigenvalue weighted by atomic mass is 16.5. The van der Waals surface area contributed by atoms with E-state index in [1.54, 1.807) is 14.2 Å². The molecule has 0 amide bonds. The fraction of sp³-hybridized carbons (Fsp3) is 0.160. The Morgan fingerprint density at radius 1 is 0.690 bits per heavy atom. The van der Waals surface area contributed by atoms with Crippen LogP contribution in [0, 0.1) is 0 Å². The number of pyridine rings is 1. The van der Waals surface area contributed by atoms with Crippen LogP contribution in [0.1, 0.15) is 0 Å². The van der Waals surface area contributed by atoms with Gasteiger partial charge in [0.05, 0.1) is 19.9 Å². The van der Waals surface area contributed by atoms with Crippen molar-refractivity contribution in [1.29, 1.82) is 0 Å². The van der Waals surface area contributed by atoms with E-state index in [0.29, 0.717) is 11.5 Å². The average Bonchev–Trinajstić information content (AvgIpc) is 2.77. The van der Waals surface area contributed by atoms with Crippen molar-refractivity contribution in [2.75, 3.05) is 33.2 Å². The maximum absolute atomic E-state index is 5.51. The molecule has 0 aliphatic carbocycles. The van der Waals surface area contributed by atoms with Gasteiger partial charge in [-0.2, -0.15) is 0 Å². The third kappa shape index (κ3) is 3.61. The van der Waals surface area contributed by atoms with Crippen molar-refractivity contribution in [1.82, 2.24) is 4.98 Å². The Labute approximate surface area is 171 Å². The summed E-state index contributed by atoms with van der Waals surface area (Å²) in [4.78, 5) is 6.99. The zero-order valence-electron chi connectivity index (χ0n) is 17.1. The zero-order chi connectivity index (χ0) is 20.4.